The molecule has 0 fully saturated rings. The molecule has 0 amide bonds. The van der Waals surface area contributed by atoms with Crippen molar-refractivity contribution in [2.45, 2.75) is 35.8 Å². The molecule has 0 unspecified atom stereocenters. The topological polar surface area (TPSA) is 113 Å². The van der Waals surface area contributed by atoms with Crippen molar-refractivity contribution in [3.05, 3.63) is 53.8 Å². The summed E-state index contributed by atoms with van der Waals surface area (Å²) >= 11 is 0. The van der Waals surface area contributed by atoms with Crippen LogP contribution in [0.25, 0.3) is 0 Å². The number of sulfonamides is 2. The van der Waals surface area contributed by atoms with Crippen LogP contribution in [0.3, 0.4) is 0 Å². The minimum absolute atomic E-state index is 0.0165. The summed E-state index contributed by atoms with van der Waals surface area (Å²) in [5.74, 6) is 4.53. The molecular weight excluding hydrogens is 523 g/mol. The van der Waals surface area contributed by atoms with E-state index in [1.165, 1.54) is 42.7 Å². The number of benzene rings is 2. The van der Waals surface area contributed by atoms with Crippen LogP contribution in [0.5, 0.6) is 5.75 Å². The second-order valence-corrected chi connectivity index (χ2v) is 12.8. The Kier molecular flexibility index (Phi) is 9.33. The fraction of sp³-hybridized carbons (Fsp3) is 0.440. The molecule has 9 nitrogen and oxygen atoms in total. The average molecular weight is 555 g/mol. The lowest BCUT2D eigenvalue weighted by atomic mass is 10.0. The van der Waals surface area contributed by atoms with Crippen LogP contribution in [0, 0.1) is 23.6 Å². The van der Waals surface area contributed by atoms with Gasteiger partial charge in [0.2, 0.25) is 20.0 Å². The molecule has 3 atom stereocenters. The normalized spacial score (nSPS) is 20.6. The van der Waals surface area contributed by atoms with E-state index in [0.717, 1.165) is 16.4 Å². The minimum atomic E-state index is -4.06. The SMILES string of the molecule is COCC#Cc1ccc2c(c1)O[C@@H](CN(C)S(=O)(=O)c1cccc(F)c1)[C@H](C)CN([C@@H](C)CO)S2(=O)=O. The predicted molar refractivity (Wildman–Crippen MR) is 135 cm³/mol. The van der Waals surface area contributed by atoms with Crippen molar-refractivity contribution in [3.63, 3.8) is 0 Å². The summed E-state index contributed by atoms with van der Waals surface area (Å²) in [6.45, 7) is 2.96. The largest absolute Gasteiger partial charge is 0.487 e. The van der Waals surface area contributed by atoms with Gasteiger partial charge in [0.1, 0.15) is 29.2 Å². The van der Waals surface area contributed by atoms with Crippen molar-refractivity contribution in [2.75, 3.05) is 40.5 Å². The quantitative estimate of drug-likeness (QED) is 0.520. The Balaban J connectivity index is 2.05. The van der Waals surface area contributed by atoms with Gasteiger partial charge >= 0.3 is 0 Å². The van der Waals surface area contributed by atoms with E-state index in [2.05, 4.69) is 11.8 Å². The average Bonchev–Trinajstić information content (AvgIpc) is 2.85. The summed E-state index contributed by atoms with van der Waals surface area (Å²) in [6.07, 6.45) is -0.779. The maximum Gasteiger partial charge on any atom is 0.247 e. The molecular formula is C25H31FN2O7S2. The van der Waals surface area contributed by atoms with Gasteiger partial charge in [0.25, 0.3) is 0 Å². The van der Waals surface area contributed by atoms with Crippen LogP contribution >= 0.6 is 0 Å². The molecule has 3 rings (SSSR count). The molecule has 202 valence electrons. The molecule has 1 aliphatic rings. The monoisotopic (exact) mass is 554 g/mol. The zero-order valence-electron chi connectivity index (χ0n) is 21.1. The van der Waals surface area contributed by atoms with E-state index in [0.29, 0.717) is 5.56 Å². The standard InChI is InChI=1S/C25H31FN2O7S2/c1-18-15-28(19(2)17-29)37(32,33)25-11-10-20(7-6-12-34-4)13-23(25)35-24(18)16-27(3)36(30,31)22-9-5-8-21(26)14-22/h5,8-11,13-14,18-19,24,29H,12,15-17H2,1-4H3/t18-,19+,24+/m1/s1. The number of aliphatic hydroxyl groups excluding tert-OH is 1. The zero-order valence-corrected chi connectivity index (χ0v) is 22.7. The van der Waals surface area contributed by atoms with E-state index in [-0.39, 0.29) is 35.2 Å². The second kappa shape index (κ2) is 11.9. The first-order chi connectivity index (χ1) is 17.4. The lowest BCUT2D eigenvalue weighted by molar-refractivity contribution is 0.0904. The number of hydrogen-bond acceptors (Lipinski definition) is 7. The first kappa shape index (κ1) is 29.0. The van der Waals surface area contributed by atoms with Crippen LogP contribution < -0.4 is 4.74 Å². The maximum atomic E-state index is 13.7. The third kappa shape index (κ3) is 6.49. The predicted octanol–water partition coefficient (Wildman–Crippen LogP) is 1.91. The van der Waals surface area contributed by atoms with E-state index in [4.69, 9.17) is 9.47 Å². The number of ether oxygens (including phenoxy) is 2. The Bertz CT molecular complexity index is 1390. The minimum Gasteiger partial charge on any atom is -0.487 e. The summed E-state index contributed by atoms with van der Waals surface area (Å²) in [5, 5.41) is 9.76. The van der Waals surface area contributed by atoms with Gasteiger partial charge in [-0.05, 0) is 43.3 Å². The summed E-state index contributed by atoms with van der Waals surface area (Å²) < 4.78 is 80.4. The number of aliphatic hydroxyl groups is 1. The maximum absolute atomic E-state index is 13.7. The summed E-state index contributed by atoms with van der Waals surface area (Å²) in [6, 6.07) is 8.40. The van der Waals surface area contributed by atoms with Crippen LogP contribution in [-0.2, 0) is 24.8 Å². The first-order valence-corrected chi connectivity index (χ1v) is 14.4. The molecule has 1 heterocycles. The Hall–Kier alpha value is -2.53. The van der Waals surface area contributed by atoms with E-state index < -0.39 is 50.5 Å². The number of rotatable bonds is 7. The highest BCUT2D eigenvalue weighted by molar-refractivity contribution is 7.89. The van der Waals surface area contributed by atoms with Gasteiger partial charge in [-0.15, -0.1) is 0 Å². The van der Waals surface area contributed by atoms with Crippen molar-refractivity contribution in [3.8, 4) is 17.6 Å². The van der Waals surface area contributed by atoms with E-state index in [9.17, 15) is 26.3 Å². The number of fused-ring (bicyclic) bond motifs is 1. The molecule has 0 radical (unpaired) electrons. The van der Waals surface area contributed by atoms with E-state index >= 15 is 0 Å². The molecule has 1 N–H and O–H groups in total. The van der Waals surface area contributed by atoms with Crippen LogP contribution in [0.1, 0.15) is 19.4 Å². The molecule has 0 aliphatic carbocycles. The van der Waals surface area contributed by atoms with Crippen molar-refractivity contribution in [1.29, 1.82) is 0 Å². The summed E-state index contributed by atoms with van der Waals surface area (Å²) in [5.41, 5.74) is 0.487. The fourth-order valence-corrected chi connectivity index (χ4v) is 6.93. The van der Waals surface area contributed by atoms with Crippen LogP contribution in [-0.4, -0.2) is 83.2 Å². The molecule has 0 aromatic heterocycles. The lowest BCUT2D eigenvalue weighted by Gasteiger charge is -2.37. The molecule has 0 spiro atoms. The Morgan fingerprint density at radius 3 is 2.68 bits per heavy atom. The third-order valence-electron chi connectivity index (χ3n) is 6.06. The summed E-state index contributed by atoms with van der Waals surface area (Å²) in [7, 11) is -5.26. The molecule has 0 saturated carbocycles. The van der Waals surface area contributed by atoms with Gasteiger partial charge in [0.15, 0.2) is 0 Å². The second-order valence-electron chi connectivity index (χ2n) is 8.88. The van der Waals surface area contributed by atoms with Crippen LogP contribution in [0.15, 0.2) is 52.3 Å². The van der Waals surface area contributed by atoms with Crippen molar-refractivity contribution in [2.24, 2.45) is 5.92 Å². The molecule has 12 heteroatoms. The highest BCUT2D eigenvalue weighted by Crippen LogP contribution is 2.34. The molecule has 1 aliphatic heterocycles. The number of halogens is 1. The number of methoxy groups -OCH3 is 1. The van der Waals surface area contributed by atoms with Gasteiger partial charge in [-0.25, -0.2) is 21.2 Å². The van der Waals surface area contributed by atoms with Gasteiger partial charge in [-0.1, -0.05) is 24.8 Å². The fourth-order valence-electron chi connectivity index (χ4n) is 3.89. The van der Waals surface area contributed by atoms with E-state index in [1.807, 2.05) is 0 Å². The van der Waals surface area contributed by atoms with Gasteiger partial charge < -0.3 is 14.6 Å². The lowest BCUT2D eigenvalue weighted by Crippen LogP contribution is -2.50. The Morgan fingerprint density at radius 2 is 2.03 bits per heavy atom. The summed E-state index contributed by atoms with van der Waals surface area (Å²) in [4.78, 5) is -0.319. The van der Waals surface area contributed by atoms with Crippen LogP contribution in [0.2, 0.25) is 0 Å². The highest BCUT2D eigenvalue weighted by atomic mass is 32.2. The molecule has 2 aromatic rings. The Morgan fingerprint density at radius 1 is 1.30 bits per heavy atom. The zero-order chi connectivity index (χ0) is 27.4. The van der Waals surface area contributed by atoms with Crippen molar-refractivity contribution < 1.29 is 35.8 Å². The smallest absolute Gasteiger partial charge is 0.247 e. The third-order valence-corrected chi connectivity index (χ3v) is 9.90. The van der Waals surface area contributed by atoms with Gasteiger partial charge in [-0.3, -0.25) is 0 Å². The van der Waals surface area contributed by atoms with Gasteiger partial charge in [0.05, 0.1) is 18.0 Å². The number of likely N-dealkylation sites (N-methyl/N-ethyl adjacent to an activating group) is 1. The molecule has 2 aromatic carbocycles. The highest BCUT2D eigenvalue weighted by Gasteiger charge is 2.39. The number of hydrogen-bond donors (Lipinski definition) is 1. The molecule has 37 heavy (non-hydrogen) atoms. The van der Waals surface area contributed by atoms with Crippen molar-refractivity contribution >= 4 is 20.0 Å². The van der Waals surface area contributed by atoms with Crippen LogP contribution in [0.4, 0.5) is 4.39 Å². The molecule has 0 bridgehead atoms. The Labute approximate surface area is 217 Å². The van der Waals surface area contributed by atoms with Gasteiger partial charge in [0, 0.05) is 38.2 Å². The first-order valence-electron chi connectivity index (χ1n) is 11.5. The number of nitrogens with zero attached hydrogens (tertiary/aromatic N) is 2. The van der Waals surface area contributed by atoms with Gasteiger partial charge in [-0.2, -0.15) is 8.61 Å². The van der Waals surface area contributed by atoms with E-state index in [1.54, 1.807) is 19.9 Å². The van der Waals surface area contributed by atoms with Crippen molar-refractivity contribution in [1.82, 2.24) is 8.61 Å². The molecule has 0 saturated heterocycles.